The van der Waals surface area contributed by atoms with E-state index in [1.165, 1.54) is 0 Å². The highest BCUT2D eigenvalue weighted by Gasteiger charge is 2.28. The van der Waals surface area contributed by atoms with E-state index in [4.69, 9.17) is 9.52 Å². The molecule has 0 radical (unpaired) electrons. The van der Waals surface area contributed by atoms with Crippen LogP contribution in [0.4, 0.5) is 0 Å². The van der Waals surface area contributed by atoms with Crippen LogP contribution in [-0.4, -0.2) is 69.2 Å². The van der Waals surface area contributed by atoms with Gasteiger partial charge in [0.1, 0.15) is 6.54 Å². The van der Waals surface area contributed by atoms with Crippen LogP contribution in [0.2, 0.25) is 0 Å². The quantitative estimate of drug-likeness (QED) is 0.464. The van der Waals surface area contributed by atoms with Crippen LogP contribution in [0.5, 0.6) is 0 Å². The van der Waals surface area contributed by atoms with Gasteiger partial charge in [-0.05, 0) is 29.7 Å². The lowest BCUT2D eigenvalue weighted by atomic mass is 10.0. The SMILES string of the molecule is CN(C(=O)Cc1ccc2oc(=O)n(CC(=O)O)c2c1)[C@H](CN1CC[C@H](O)C1)c1ccccc1.S.S. The van der Waals surface area contributed by atoms with Gasteiger partial charge < -0.3 is 19.5 Å². The third-order valence-electron chi connectivity index (χ3n) is 6.10. The number of likely N-dealkylation sites (tertiary alicyclic amines) is 1. The lowest BCUT2D eigenvalue weighted by Crippen LogP contribution is -2.39. The molecule has 2 heterocycles. The fourth-order valence-corrected chi connectivity index (χ4v) is 4.33. The third kappa shape index (κ3) is 6.69. The molecule has 1 aliphatic heterocycles. The number of β-amino-alcohol motifs (C(OH)–C–C–N with tert-alkyl or cyclic N) is 1. The van der Waals surface area contributed by atoms with E-state index in [1.54, 1.807) is 30.1 Å². The highest BCUT2D eigenvalue weighted by Crippen LogP contribution is 2.24. The summed E-state index contributed by atoms with van der Waals surface area (Å²) < 4.78 is 6.15. The molecule has 190 valence electrons. The average molecular weight is 522 g/mol. The summed E-state index contributed by atoms with van der Waals surface area (Å²) in [6.45, 7) is 1.47. The van der Waals surface area contributed by atoms with Gasteiger partial charge in [-0.15, -0.1) is 0 Å². The molecule has 1 aliphatic rings. The molecular weight excluding hydrogens is 490 g/mol. The zero-order chi connectivity index (χ0) is 23.5. The number of carbonyl (C=O) groups excluding carboxylic acids is 1. The Labute approximate surface area is 216 Å². The van der Waals surface area contributed by atoms with Gasteiger partial charge in [-0.25, -0.2) is 4.79 Å². The van der Waals surface area contributed by atoms with Crippen molar-refractivity contribution in [1.29, 1.82) is 0 Å². The number of aliphatic hydroxyl groups excluding tert-OH is 1. The first kappa shape index (κ1) is 28.5. The van der Waals surface area contributed by atoms with Crippen molar-refractivity contribution in [1.82, 2.24) is 14.4 Å². The second-order valence-corrected chi connectivity index (χ2v) is 8.46. The Morgan fingerprint density at radius 3 is 2.51 bits per heavy atom. The predicted octanol–water partition coefficient (Wildman–Crippen LogP) is 1.71. The standard InChI is InChI=1S/C24H27N3O6.2H2S/c1-25(20(17-5-3-2-4-6-17)14-26-10-9-18(28)13-26)22(29)12-16-7-8-21-19(11-16)27(15-23(30)31)24(32)33-21;;/h2-8,11,18,20,28H,9-10,12-15H2,1H3,(H,30,31);2*1H2/t18-,20+;;/m0../s1. The molecule has 1 amide bonds. The number of carbonyl (C=O) groups is 2. The Kier molecular flexibility index (Phi) is 10.0. The summed E-state index contributed by atoms with van der Waals surface area (Å²) in [5.74, 6) is -2.01. The fraction of sp³-hybridized carbons (Fsp3) is 0.375. The van der Waals surface area contributed by atoms with Crippen LogP contribution in [-0.2, 0) is 22.6 Å². The normalized spacial score (nSPS) is 16.3. The number of amides is 1. The van der Waals surface area contributed by atoms with E-state index >= 15 is 0 Å². The van der Waals surface area contributed by atoms with Crippen molar-refractivity contribution < 1.29 is 24.2 Å². The van der Waals surface area contributed by atoms with Crippen LogP contribution in [0.15, 0.2) is 57.7 Å². The Balaban J connectivity index is 0.00000216. The number of aromatic nitrogens is 1. The molecule has 0 unspecified atom stereocenters. The minimum atomic E-state index is -1.15. The molecule has 3 aromatic rings. The van der Waals surface area contributed by atoms with Crippen LogP contribution in [0.1, 0.15) is 23.6 Å². The van der Waals surface area contributed by atoms with E-state index in [0.717, 1.165) is 23.1 Å². The van der Waals surface area contributed by atoms with Gasteiger partial charge in [-0.2, -0.15) is 27.0 Å². The molecule has 2 N–H and O–H groups in total. The van der Waals surface area contributed by atoms with E-state index in [2.05, 4.69) is 4.90 Å². The fourth-order valence-electron chi connectivity index (χ4n) is 4.33. The number of carboxylic acids is 1. The number of fused-ring (bicyclic) bond motifs is 1. The first-order valence-corrected chi connectivity index (χ1v) is 10.9. The van der Waals surface area contributed by atoms with Gasteiger partial charge in [0.25, 0.3) is 0 Å². The Bertz CT molecular complexity index is 1210. The zero-order valence-electron chi connectivity index (χ0n) is 19.4. The molecule has 4 rings (SSSR count). The molecule has 35 heavy (non-hydrogen) atoms. The van der Waals surface area contributed by atoms with Crippen LogP contribution in [0.25, 0.3) is 11.1 Å². The summed E-state index contributed by atoms with van der Waals surface area (Å²) in [6, 6.07) is 14.5. The number of aliphatic hydroxyl groups is 1. The van der Waals surface area contributed by atoms with Crippen LogP contribution < -0.4 is 5.76 Å². The highest BCUT2D eigenvalue weighted by atomic mass is 32.1. The van der Waals surface area contributed by atoms with Gasteiger partial charge in [0.2, 0.25) is 5.91 Å². The Morgan fingerprint density at radius 1 is 1.17 bits per heavy atom. The molecule has 11 heteroatoms. The van der Waals surface area contributed by atoms with Crippen molar-refractivity contribution in [2.75, 3.05) is 26.7 Å². The maximum atomic E-state index is 13.2. The summed E-state index contributed by atoms with van der Waals surface area (Å²) >= 11 is 0. The summed E-state index contributed by atoms with van der Waals surface area (Å²) in [5.41, 5.74) is 2.29. The lowest BCUT2D eigenvalue weighted by Gasteiger charge is -2.32. The number of carboxylic acid groups (broad SMARTS) is 1. The highest BCUT2D eigenvalue weighted by molar-refractivity contribution is 7.59. The number of hydrogen-bond donors (Lipinski definition) is 2. The number of hydrogen-bond acceptors (Lipinski definition) is 6. The molecule has 0 bridgehead atoms. The van der Waals surface area contributed by atoms with Crippen molar-refractivity contribution in [3.63, 3.8) is 0 Å². The lowest BCUT2D eigenvalue weighted by molar-refractivity contribution is -0.137. The van der Waals surface area contributed by atoms with Gasteiger partial charge in [0.05, 0.1) is 24.1 Å². The molecule has 1 fully saturated rings. The van der Waals surface area contributed by atoms with Gasteiger partial charge in [-0.3, -0.25) is 19.1 Å². The maximum Gasteiger partial charge on any atom is 0.420 e. The van der Waals surface area contributed by atoms with E-state index in [-0.39, 0.29) is 57.0 Å². The van der Waals surface area contributed by atoms with Crippen molar-refractivity contribution in [2.45, 2.75) is 31.5 Å². The zero-order valence-corrected chi connectivity index (χ0v) is 21.4. The second kappa shape index (κ2) is 12.3. The van der Waals surface area contributed by atoms with E-state index in [9.17, 15) is 19.5 Å². The summed E-state index contributed by atoms with van der Waals surface area (Å²) in [6.07, 6.45) is 0.472. The molecule has 1 aromatic heterocycles. The molecule has 2 aromatic carbocycles. The minimum absolute atomic E-state index is 0. The van der Waals surface area contributed by atoms with Crippen molar-refractivity contribution in [3.8, 4) is 0 Å². The van der Waals surface area contributed by atoms with Crippen LogP contribution >= 0.6 is 27.0 Å². The molecule has 0 aliphatic carbocycles. The molecule has 0 spiro atoms. The number of benzene rings is 2. The molecular formula is C24H31N3O6S2. The monoisotopic (exact) mass is 521 g/mol. The van der Waals surface area contributed by atoms with Gasteiger partial charge in [-0.1, -0.05) is 36.4 Å². The number of aliphatic carboxylic acids is 1. The number of rotatable bonds is 8. The first-order valence-electron chi connectivity index (χ1n) is 10.9. The summed E-state index contributed by atoms with van der Waals surface area (Å²) in [7, 11) is 1.77. The van der Waals surface area contributed by atoms with Gasteiger partial charge in [0.15, 0.2) is 5.58 Å². The number of nitrogens with zero attached hydrogens (tertiary/aromatic N) is 3. The minimum Gasteiger partial charge on any atom is -0.480 e. The smallest absolute Gasteiger partial charge is 0.420 e. The van der Waals surface area contributed by atoms with E-state index < -0.39 is 18.3 Å². The molecule has 1 saturated heterocycles. The second-order valence-electron chi connectivity index (χ2n) is 8.46. The van der Waals surface area contributed by atoms with E-state index in [1.807, 2.05) is 30.3 Å². The summed E-state index contributed by atoms with van der Waals surface area (Å²) in [4.78, 5) is 40.2. The van der Waals surface area contributed by atoms with Gasteiger partial charge in [0, 0.05) is 26.7 Å². The van der Waals surface area contributed by atoms with Crippen molar-refractivity contribution in [3.05, 3.63) is 70.2 Å². The maximum absolute atomic E-state index is 13.2. The molecule has 9 nitrogen and oxygen atoms in total. The first-order chi connectivity index (χ1) is 15.8. The molecule has 0 saturated carbocycles. The van der Waals surface area contributed by atoms with Crippen molar-refractivity contribution >= 4 is 50.0 Å². The Morgan fingerprint density at radius 2 is 1.89 bits per heavy atom. The van der Waals surface area contributed by atoms with E-state index in [0.29, 0.717) is 24.2 Å². The molecule has 2 atom stereocenters. The predicted molar refractivity (Wildman–Crippen MR) is 142 cm³/mol. The largest absolute Gasteiger partial charge is 0.480 e. The van der Waals surface area contributed by atoms with Gasteiger partial charge >= 0.3 is 11.7 Å². The van der Waals surface area contributed by atoms with Crippen LogP contribution in [0.3, 0.4) is 0 Å². The summed E-state index contributed by atoms with van der Waals surface area (Å²) in [5, 5.41) is 19.0. The third-order valence-corrected chi connectivity index (χ3v) is 6.10. The van der Waals surface area contributed by atoms with Crippen LogP contribution in [0, 0.1) is 0 Å². The number of oxazole rings is 1. The Hall–Kier alpha value is -2.73. The topological polar surface area (TPSA) is 116 Å². The number of likely N-dealkylation sites (N-methyl/N-ethyl adjacent to an activating group) is 1. The average Bonchev–Trinajstić information content (AvgIpc) is 3.34. The van der Waals surface area contributed by atoms with Crippen molar-refractivity contribution in [2.24, 2.45) is 0 Å².